The van der Waals surface area contributed by atoms with Crippen molar-refractivity contribution in [2.75, 3.05) is 33.0 Å². The van der Waals surface area contributed by atoms with E-state index in [2.05, 4.69) is 31.4 Å². The van der Waals surface area contributed by atoms with Gasteiger partial charge < -0.3 is 135 Å². The van der Waals surface area contributed by atoms with Crippen LogP contribution in [0.5, 0.6) is 0 Å². The maximum Gasteiger partial charge on any atom is 0.217 e. The lowest BCUT2D eigenvalue weighted by Crippen LogP contribution is -2.69. The number of allylic oxidation sites excluding steroid dienone is 2. The molecule has 5 saturated heterocycles. The van der Waals surface area contributed by atoms with Crippen LogP contribution in [0.3, 0.4) is 0 Å². The molecule has 0 aromatic rings. The molecule has 526 valence electrons. The van der Waals surface area contributed by atoms with Gasteiger partial charge in [-0.3, -0.25) is 14.4 Å². The second kappa shape index (κ2) is 28.9. The SMILES string of the molecule is CC(=O)NC1C(OC2COC(OC3CCC4(C)C(CCC5=C6C(O)CC(C(C)CC(=O)C=C(C)C)C6(C)CCC54O)C3(C)C)C(OC3OC(COC4OC(CO)C(O)C(O)C4OC4OC(CO)C(O)C(O)C4O)C(O)C(O)C3NC(C)=O)C2O)OC(CO)C(O)C1O. The Bertz CT molecular complexity index is 2630. The highest BCUT2D eigenvalue weighted by Crippen LogP contribution is 2.70. The number of aliphatic hydroxyl groups excluding tert-OH is 14. The molecule has 17 N–H and O–H groups in total. The molecule has 0 bridgehead atoms. The topological polar surface area (TPSA) is 471 Å². The number of hydrogen-bond acceptors (Lipinski definition) is 28. The van der Waals surface area contributed by atoms with Crippen molar-refractivity contribution in [3.63, 3.8) is 0 Å². The van der Waals surface area contributed by atoms with Gasteiger partial charge in [0.15, 0.2) is 37.2 Å². The Kier molecular flexibility index (Phi) is 23.0. The van der Waals surface area contributed by atoms with Gasteiger partial charge in [0, 0.05) is 25.7 Å². The monoisotopic (exact) mass is 1320 g/mol. The Hall–Kier alpha value is -2.91. The van der Waals surface area contributed by atoms with Crippen molar-refractivity contribution < 1.29 is 138 Å². The van der Waals surface area contributed by atoms with Crippen LogP contribution in [-0.2, 0) is 61.8 Å². The molecule has 9 aliphatic rings. The summed E-state index contributed by atoms with van der Waals surface area (Å²) in [5.74, 6) is -1.67. The molecule has 0 aromatic carbocycles. The van der Waals surface area contributed by atoms with Crippen molar-refractivity contribution >= 4 is 17.6 Å². The molecule has 32 atom stereocenters. The minimum Gasteiger partial charge on any atom is -0.394 e. The quantitative estimate of drug-likeness (QED) is 0.0310. The third kappa shape index (κ3) is 13.8. The molecule has 3 saturated carbocycles. The van der Waals surface area contributed by atoms with E-state index in [0.29, 0.717) is 51.4 Å². The summed E-state index contributed by atoms with van der Waals surface area (Å²) in [5, 5.41) is 173. The zero-order chi connectivity index (χ0) is 67.6. The van der Waals surface area contributed by atoms with Crippen LogP contribution in [0.4, 0.5) is 0 Å². The molecule has 30 heteroatoms. The summed E-state index contributed by atoms with van der Waals surface area (Å²) in [5.41, 5.74) is -0.732. The Labute approximate surface area is 533 Å². The summed E-state index contributed by atoms with van der Waals surface area (Å²) in [6, 6.07) is -3.15. The summed E-state index contributed by atoms with van der Waals surface area (Å²) >= 11 is 0. The number of ether oxygens (including phenoxy) is 10. The van der Waals surface area contributed by atoms with Crippen LogP contribution in [0, 0.1) is 34.0 Å². The van der Waals surface area contributed by atoms with Gasteiger partial charge >= 0.3 is 0 Å². The molecule has 0 aromatic heterocycles. The number of aliphatic hydroxyl groups is 15. The van der Waals surface area contributed by atoms with Crippen molar-refractivity contribution in [2.24, 2.45) is 34.0 Å². The van der Waals surface area contributed by atoms with E-state index < -0.39 is 226 Å². The van der Waals surface area contributed by atoms with Gasteiger partial charge in [0.2, 0.25) is 11.8 Å². The van der Waals surface area contributed by atoms with E-state index in [9.17, 15) is 91.0 Å². The van der Waals surface area contributed by atoms with Crippen LogP contribution in [0.15, 0.2) is 22.8 Å². The number of ketones is 1. The van der Waals surface area contributed by atoms with E-state index in [4.69, 9.17) is 47.4 Å². The number of carbonyl (C=O) groups is 3. The van der Waals surface area contributed by atoms with Gasteiger partial charge in [-0.25, -0.2) is 0 Å². The fourth-order valence-electron chi connectivity index (χ4n) is 16.9. The van der Waals surface area contributed by atoms with Gasteiger partial charge in [0.1, 0.15) is 116 Å². The highest BCUT2D eigenvalue weighted by Gasteiger charge is 2.68. The van der Waals surface area contributed by atoms with E-state index in [1.165, 1.54) is 0 Å². The predicted octanol–water partition coefficient (Wildman–Crippen LogP) is -4.60. The average molecular weight is 1320 g/mol. The maximum atomic E-state index is 13.4. The van der Waals surface area contributed by atoms with Gasteiger partial charge in [0.05, 0.1) is 50.8 Å². The molecule has 5 aliphatic heterocycles. The van der Waals surface area contributed by atoms with E-state index in [-0.39, 0.29) is 23.5 Å². The van der Waals surface area contributed by atoms with E-state index in [0.717, 1.165) is 30.6 Å². The lowest BCUT2D eigenvalue weighted by atomic mass is 9.42. The van der Waals surface area contributed by atoms with E-state index >= 15 is 0 Å². The van der Waals surface area contributed by atoms with Crippen molar-refractivity contribution in [3.8, 4) is 0 Å². The molecule has 8 fully saturated rings. The Morgan fingerprint density at radius 2 is 1.12 bits per heavy atom. The van der Waals surface area contributed by atoms with Gasteiger partial charge in [-0.15, -0.1) is 0 Å². The largest absolute Gasteiger partial charge is 0.394 e. The lowest BCUT2D eigenvalue weighted by Gasteiger charge is -2.65. The number of amides is 2. The molecule has 4 aliphatic carbocycles. The first-order valence-corrected chi connectivity index (χ1v) is 32.1. The summed E-state index contributed by atoms with van der Waals surface area (Å²) in [4.78, 5) is 38.5. The van der Waals surface area contributed by atoms with Crippen LogP contribution < -0.4 is 10.6 Å². The Morgan fingerprint density at radius 1 is 0.598 bits per heavy atom. The lowest BCUT2D eigenvalue weighted by molar-refractivity contribution is -0.380. The zero-order valence-corrected chi connectivity index (χ0v) is 53.5. The molecule has 2 amide bonds. The number of fused-ring (bicyclic) bond motifs is 4. The summed E-state index contributed by atoms with van der Waals surface area (Å²) in [6.45, 7) is 12.4. The van der Waals surface area contributed by atoms with Crippen molar-refractivity contribution in [1.29, 1.82) is 0 Å². The summed E-state index contributed by atoms with van der Waals surface area (Å²) < 4.78 is 61.6. The third-order valence-electron chi connectivity index (χ3n) is 21.8. The molecule has 32 unspecified atom stereocenters. The van der Waals surface area contributed by atoms with Crippen LogP contribution >= 0.6 is 0 Å². The van der Waals surface area contributed by atoms with Gasteiger partial charge in [0.25, 0.3) is 0 Å². The molecule has 9 rings (SSSR count). The molecule has 5 heterocycles. The fourth-order valence-corrected chi connectivity index (χ4v) is 16.9. The van der Waals surface area contributed by atoms with Crippen LogP contribution in [0.1, 0.15) is 114 Å². The molecule has 0 spiro atoms. The number of rotatable bonds is 20. The van der Waals surface area contributed by atoms with Crippen LogP contribution in [-0.4, -0.2) is 292 Å². The zero-order valence-electron chi connectivity index (χ0n) is 53.5. The van der Waals surface area contributed by atoms with Crippen molar-refractivity contribution in [3.05, 3.63) is 22.8 Å². The second-order valence-corrected chi connectivity index (χ2v) is 28.4. The first kappa shape index (κ1) is 73.3. The molecule has 0 radical (unpaired) electrons. The molecule has 92 heavy (non-hydrogen) atoms. The van der Waals surface area contributed by atoms with Gasteiger partial charge in [-0.2, -0.15) is 0 Å². The van der Waals surface area contributed by atoms with E-state index in [1.54, 1.807) is 6.08 Å². The van der Waals surface area contributed by atoms with Crippen molar-refractivity contribution in [1.82, 2.24) is 10.6 Å². The first-order chi connectivity index (χ1) is 43.2. The Morgan fingerprint density at radius 3 is 1.71 bits per heavy atom. The minimum atomic E-state index is -2.01. The third-order valence-corrected chi connectivity index (χ3v) is 21.8. The minimum absolute atomic E-state index is 0.00626. The average Bonchev–Trinajstić information content (AvgIpc) is 0.905. The normalized spacial score (nSPS) is 48.1. The summed E-state index contributed by atoms with van der Waals surface area (Å²) in [6.07, 6.45) is -35.5. The number of hydrogen-bond donors (Lipinski definition) is 17. The highest BCUT2D eigenvalue weighted by molar-refractivity contribution is 5.90. The van der Waals surface area contributed by atoms with Gasteiger partial charge in [-0.1, -0.05) is 40.2 Å². The summed E-state index contributed by atoms with van der Waals surface area (Å²) in [7, 11) is 0. The van der Waals surface area contributed by atoms with Crippen LogP contribution in [0.2, 0.25) is 0 Å². The van der Waals surface area contributed by atoms with E-state index in [1.807, 2.05) is 27.7 Å². The second-order valence-electron chi connectivity index (χ2n) is 28.4. The number of carbonyl (C=O) groups excluding carboxylic acids is 3. The maximum absolute atomic E-state index is 13.4. The predicted molar refractivity (Wildman–Crippen MR) is 312 cm³/mol. The number of nitrogens with one attached hydrogen (secondary N) is 2. The highest BCUT2D eigenvalue weighted by atomic mass is 16.8. The van der Waals surface area contributed by atoms with Crippen molar-refractivity contribution in [2.45, 2.75) is 279 Å². The Balaban J connectivity index is 1.000. The van der Waals surface area contributed by atoms with Gasteiger partial charge in [-0.05, 0) is 105 Å². The smallest absolute Gasteiger partial charge is 0.217 e. The molecular weight excluding hydrogens is 1220 g/mol. The first-order valence-electron chi connectivity index (χ1n) is 32.1. The molecular formula is C62H100N2O28. The molecule has 30 nitrogen and oxygen atoms in total. The fraction of sp³-hybridized carbons (Fsp3) is 0.887. The van der Waals surface area contributed by atoms with Crippen LogP contribution in [0.25, 0.3) is 0 Å². The standard InChI is InChI=1S/C62H100N2O28/c1-24(2)16-28(70)17-25(3)30-18-31(71)39-29-10-11-37-59(6,7)38(12-13-61(37,9)62(29,82)15-14-60(30,39)8)90-58-52(46(76)36(23-84-58)89-54-40(63-26(4)68)47(77)42(72)32(19-65)85-54)91-55-41(64-27(5)69)48(78)45(75)35(88-55)22-83-57-53(50(80)44(74)34(21-67)87-57)92-56-51(81)49(79)43(73)33(20-66)86-56/h16,25,30-38,40-58,65-67,71-82H,10-15,17-23H2,1-9H3,(H,63,68)(H,64,69).